The Bertz CT molecular complexity index is 758. The molecule has 0 aliphatic carbocycles. The largest absolute Gasteiger partial charge is 0.342 e. The molecule has 0 bridgehead atoms. The molecule has 2 fully saturated rings. The topological polar surface area (TPSA) is 66.8 Å². The number of thioether (sulfide) groups is 1. The third kappa shape index (κ3) is 4.08. The van der Waals surface area contributed by atoms with Gasteiger partial charge in [-0.2, -0.15) is 4.99 Å². The molecule has 0 spiro atoms. The van der Waals surface area contributed by atoms with E-state index in [1.54, 1.807) is 0 Å². The first kappa shape index (κ1) is 18.5. The number of carbonyl (C=O) groups is 1. The number of nitrogens with zero attached hydrogens (tertiary/aromatic N) is 2. The highest BCUT2D eigenvalue weighted by Crippen LogP contribution is 2.39. The monoisotopic (exact) mass is 380 g/mol. The van der Waals surface area contributed by atoms with Gasteiger partial charge in [-0.25, -0.2) is 8.42 Å². The Balaban J connectivity index is 1.87. The molecular formula is C18H24N2O3S2. The molecule has 3 rings (SSSR count). The molecule has 136 valence electrons. The molecule has 1 aromatic rings. The van der Waals surface area contributed by atoms with Gasteiger partial charge in [0.15, 0.2) is 15.0 Å². The van der Waals surface area contributed by atoms with E-state index < -0.39 is 9.84 Å². The van der Waals surface area contributed by atoms with Crippen LogP contribution < -0.4 is 0 Å². The number of hydrogen-bond acceptors (Lipinski definition) is 4. The molecule has 7 heteroatoms. The Hall–Kier alpha value is -1.34. The van der Waals surface area contributed by atoms with Crippen molar-refractivity contribution in [1.29, 1.82) is 0 Å². The molecule has 1 amide bonds. The fraction of sp³-hybridized carbons (Fsp3) is 0.556. The number of hydrogen-bond donors (Lipinski definition) is 0. The first-order chi connectivity index (χ1) is 11.9. The fourth-order valence-electron chi connectivity index (χ4n) is 3.42. The molecule has 1 aromatic carbocycles. The zero-order valence-electron chi connectivity index (χ0n) is 14.6. The summed E-state index contributed by atoms with van der Waals surface area (Å²) in [5, 5.41) is 0.660. The van der Waals surface area contributed by atoms with Crippen LogP contribution in [0.15, 0.2) is 35.3 Å². The Morgan fingerprint density at radius 2 is 1.92 bits per heavy atom. The Morgan fingerprint density at radius 3 is 2.56 bits per heavy atom. The van der Waals surface area contributed by atoms with Crippen LogP contribution in [0.4, 0.5) is 0 Å². The summed E-state index contributed by atoms with van der Waals surface area (Å²) in [4.78, 5) is 18.9. The maximum absolute atomic E-state index is 12.5. The summed E-state index contributed by atoms with van der Waals surface area (Å²) in [5.74, 6) is 0.172. The summed E-state index contributed by atoms with van der Waals surface area (Å²) in [6.07, 6.45) is 1.55. The minimum atomic E-state index is -3.01. The Morgan fingerprint density at radius 1 is 1.24 bits per heavy atom. The normalized spacial score (nSPS) is 26.4. The molecule has 0 N–H and O–H groups in total. The van der Waals surface area contributed by atoms with Crippen LogP contribution in [0.5, 0.6) is 0 Å². The van der Waals surface area contributed by atoms with Crippen molar-refractivity contribution in [3.8, 4) is 0 Å². The molecule has 0 aromatic heterocycles. The average Bonchev–Trinajstić information content (AvgIpc) is 3.02. The zero-order chi connectivity index (χ0) is 18.0. The van der Waals surface area contributed by atoms with Crippen LogP contribution in [0.2, 0.25) is 0 Å². The number of benzene rings is 1. The van der Waals surface area contributed by atoms with E-state index in [9.17, 15) is 13.2 Å². The van der Waals surface area contributed by atoms with E-state index in [4.69, 9.17) is 0 Å². The third-order valence-electron chi connectivity index (χ3n) is 4.91. The molecule has 25 heavy (non-hydrogen) atoms. The predicted molar refractivity (Wildman–Crippen MR) is 102 cm³/mol. The van der Waals surface area contributed by atoms with Gasteiger partial charge >= 0.3 is 0 Å². The lowest BCUT2D eigenvalue weighted by Gasteiger charge is -2.24. The van der Waals surface area contributed by atoms with Gasteiger partial charge in [-0.15, -0.1) is 0 Å². The summed E-state index contributed by atoms with van der Waals surface area (Å²) in [6, 6.07) is 9.82. The Labute approximate surface area is 153 Å². The van der Waals surface area contributed by atoms with Crippen LogP contribution in [-0.4, -0.2) is 47.2 Å². The van der Waals surface area contributed by atoms with E-state index in [2.05, 4.69) is 4.99 Å². The van der Waals surface area contributed by atoms with E-state index in [1.807, 2.05) is 49.1 Å². The van der Waals surface area contributed by atoms with Gasteiger partial charge in [0.2, 0.25) is 0 Å². The summed E-state index contributed by atoms with van der Waals surface area (Å²) in [6.45, 7) is 4.58. The molecule has 2 unspecified atom stereocenters. The minimum absolute atomic E-state index is 0.0260. The van der Waals surface area contributed by atoms with Crippen molar-refractivity contribution in [2.45, 2.75) is 44.5 Å². The summed E-state index contributed by atoms with van der Waals surface area (Å²) in [7, 11) is -3.01. The first-order valence-corrected chi connectivity index (χ1v) is 11.4. The Kier molecular flexibility index (Phi) is 5.53. The number of aliphatic imine (C=N–C) groups is 1. The van der Waals surface area contributed by atoms with Gasteiger partial charge in [-0.1, -0.05) is 55.9 Å². The lowest BCUT2D eigenvalue weighted by molar-refractivity contribution is -0.121. The van der Waals surface area contributed by atoms with Crippen LogP contribution in [0, 0.1) is 5.92 Å². The van der Waals surface area contributed by atoms with Crippen LogP contribution in [0.3, 0.4) is 0 Å². The van der Waals surface area contributed by atoms with Gasteiger partial charge < -0.3 is 4.90 Å². The highest BCUT2D eigenvalue weighted by atomic mass is 32.2. The maximum atomic E-state index is 12.5. The summed E-state index contributed by atoms with van der Waals surface area (Å²) in [5.41, 5.74) is 1.09. The number of amides is 1. The van der Waals surface area contributed by atoms with Gasteiger partial charge in [0.05, 0.1) is 17.5 Å². The van der Waals surface area contributed by atoms with Crippen LogP contribution in [-0.2, 0) is 21.2 Å². The van der Waals surface area contributed by atoms with Crippen molar-refractivity contribution in [1.82, 2.24) is 4.90 Å². The number of fused-ring (bicyclic) bond motifs is 1. The van der Waals surface area contributed by atoms with Crippen molar-refractivity contribution < 1.29 is 13.2 Å². The third-order valence-corrected chi connectivity index (χ3v) is 8.16. The number of amidine groups is 1. The van der Waals surface area contributed by atoms with Crippen molar-refractivity contribution in [2.24, 2.45) is 10.9 Å². The molecule has 5 nitrogen and oxygen atoms in total. The van der Waals surface area contributed by atoms with Crippen LogP contribution >= 0.6 is 11.8 Å². The second-order valence-electron chi connectivity index (χ2n) is 6.66. The average molecular weight is 381 g/mol. The van der Waals surface area contributed by atoms with E-state index >= 15 is 0 Å². The smallest absolute Gasteiger partial charge is 0.251 e. The molecule has 2 saturated heterocycles. The molecule has 2 atom stereocenters. The molecule has 2 heterocycles. The maximum Gasteiger partial charge on any atom is 0.251 e. The molecule has 0 saturated carbocycles. The standard InChI is InChI=1S/C18H24N2O3S2/c1-3-14(4-2)17(21)19-18-20(10-13-8-6-5-7-9-13)15-11-25(22,23)12-16(15)24-18/h5-9,14-16H,3-4,10-12H2,1-2H3. The van der Waals surface area contributed by atoms with Crippen molar-refractivity contribution in [3.05, 3.63) is 35.9 Å². The second kappa shape index (κ2) is 7.50. The zero-order valence-corrected chi connectivity index (χ0v) is 16.2. The summed E-state index contributed by atoms with van der Waals surface area (Å²) < 4.78 is 24.1. The van der Waals surface area contributed by atoms with Gasteiger partial charge in [-0.05, 0) is 18.4 Å². The predicted octanol–water partition coefficient (Wildman–Crippen LogP) is 2.72. The van der Waals surface area contributed by atoms with Crippen molar-refractivity contribution >= 4 is 32.7 Å². The van der Waals surface area contributed by atoms with E-state index in [0.29, 0.717) is 11.7 Å². The quantitative estimate of drug-likeness (QED) is 0.786. The van der Waals surface area contributed by atoms with Gasteiger partial charge in [-0.3, -0.25) is 4.79 Å². The molecule has 0 radical (unpaired) electrons. The number of sulfone groups is 1. The lowest BCUT2D eigenvalue weighted by Crippen LogP contribution is -2.37. The fourth-order valence-corrected chi connectivity index (χ4v) is 7.38. The molecule has 2 aliphatic rings. The highest BCUT2D eigenvalue weighted by Gasteiger charge is 2.48. The van der Waals surface area contributed by atoms with Gasteiger partial charge in [0.25, 0.3) is 5.91 Å². The molecular weight excluding hydrogens is 356 g/mol. The van der Waals surface area contributed by atoms with E-state index in [1.165, 1.54) is 11.8 Å². The summed E-state index contributed by atoms with van der Waals surface area (Å²) >= 11 is 1.45. The number of carbonyl (C=O) groups excluding carboxylic acids is 1. The van der Waals surface area contributed by atoms with Crippen LogP contribution in [0.25, 0.3) is 0 Å². The molecule has 2 aliphatic heterocycles. The second-order valence-corrected chi connectivity index (χ2v) is 10.0. The van der Waals surface area contributed by atoms with Crippen LogP contribution in [0.1, 0.15) is 32.3 Å². The first-order valence-electron chi connectivity index (χ1n) is 8.73. The minimum Gasteiger partial charge on any atom is -0.342 e. The van der Waals surface area contributed by atoms with Gasteiger partial charge in [0, 0.05) is 17.7 Å². The highest BCUT2D eigenvalue weighted by molar-refractivity contribution is 8.15. The number of rotatable bonds is 5. The van der Waals surface area contributed by atoms with Gasteiger partial charge in [0.1, 0.15) is 0 Å². The van der Waals surface area contributed by atoms with E-state index in [-0.39, 0.29) is 34.6 Å². The van der Waals surface area contributed by atoms with Crippen molar-refractivity contribution in [2.75, 3.05) is 11.5 Å². The van der Waals surface area contributed by atoms with Crippen molar-refractivity contribution in [3.63, 3.8) is 0 Å². The van der Waals surface area contributed by atoms with E-state index in [0.717, 1.165) is 18.4 Å². The SMILES string of the molecule is CCC(CC)C(=O)N=C1SC2CS(=O)(=O)CC2N1Cc1ccccc1. The lowest BCUT2D eigenvalue weighted by atomic mass is 10.0.